The maximum atomic E-state index is 13.3. The minimum Gasteiger partial charge on any atom is -0.450 e. The third kappa shape index (κ3) is 4.12. The van der Waals surface area contributed by atoms with E-state index in [-0.39, 0.29) is 11.4 Å². The van der Waals surface area contributed by atoms with Gasteiger partial charge in [0.2, 0.25) is 5.76 Å². The molecule has 0 radical (unpaired) electrons. The molecule has 0 bridgehead atoms. The van der Waals surface area contributed by atoms with E-state index in [4.69, 9.17) is 4.42 Å². The molecule has 0 aliphatic carbocycles. The van der Waals surface area contributed by atoms with E-state index in [1.54, 1.807) is 0 Å². The van der Waals surface area contributed by atoms with Crippen molar-refractivity contribution in [2.24, 2.45) is 0 Å². The molecule has 8 heteroatoms. The maximum absolute atomic E-state index is 13.3. The van der Waals surface area contributed by atoms with Gasteiger partial charge < -0.3 is 14.5 Å². The quantitative estimate of drug-likeness (QED) is 0.851. The van der Waals surface area contributed by atoms with Gasteiger partial charge in [0.25, 0.3) is 5.91 Å². The number of rotatable bonds is 4. The van der Waals surface area contributed by atoms with Crippen LogP contribution in [0.2, 0.25) is 0 Å². The van der Waals surface area contributed by atoms with Crippen LogP contribution in [0, 0.1) is 11.6 Å². The molecule has 0 aliphatic heterocycles. The Balaban J connectivity index is 1.89. The molecule has 0 saturated carbocycles. The number of ether oxygens (including phenoxy) is 1. The first-order valence-electron chi connectivity index (χ1n) is 5.63. The molecule has 0 unspecified atom stereocenters. The summed E-state index contributed by atoms with van der Waals surface area (Å²) in [6, 6.07) is 5.54. The maximum Gasteiger partial charge on any atom is 0.374 e. The summed E-state index contributed by atoms with van der Waals surface area (Å²) in [6.45, 7) is -0.631. The van der Waals surface area contributed by atoms with Crippen LogP contribution >= 0.6 is 15.9 Å². The number of nitrogens with one attached hydrogen (secondary N) is 1. The fraction of sp³-hybridized carbons (Fsp3) is 0.0769. The second-order valence-corrected chi connectivity index (χ2v) is 4.63. The molecular weight excluding hydrogens is 352 g/mol. The summed E-state index contributed by atoms with van der Waals surface area (Å²) in [7, 11) is 0. The fourth-order valence-corrected chi connectivity index (χ4v) is 1.71. The van der Waals surface area contributed by atoms with Gasteiger partial charge in [-0.05, 0) is 40.2 Å². The Morgan fingerprint density at radius 3 is 2.62 bits per heavy atom. The van der Waals surface area contributed by atoms with Gasteiger partial charge >= 0.3 is 5.97 Å². The van der Waals surface area contributed by atoms with Crippen LogP contribution in [0.15, 0.2) is 39.4 Å². The highest BCUT2D eigenvalue weighted by molar-refractivity contribution is 9.10. The molecule has 0 saturated heterocycles. The van der Waals surface area contributed by atoms with E-state index in [9.17, 15) is 18.4 Å². The molecule has 1 N–H and O–H groups in total. The first-order chi connectivity index (χ1) is 9.95. The Kier molecular flexibility index (Phi) is 4.69. The van der Waals surface area contributed by atoms with Crippen LogP contribution < -0.4 is 5.32 Å². The highest BCUT2D eigenvalue weighted by atomic mass is 79.9. The number of anilines is 1. The molecule has 0 aliphatic rings. The van der Waals surface area contributed by atoms with Crippen molar-refractivity contribution < 1.29 is 27.5 Å². The average molecular weight is 360 g/mol. The summed E-state index contributed by atoms with van der Waals surface area (Å²) in [5.41, 5.74) is -0.210. The molecule has 0 fully saturated rings. The number of esters is 1. The van der Waals surface area contributed by atoms with Gasteiger partial charge in [-0.1, -0.05) is 0 Å². The Morgan fingerprint density at radius 1 is 1.24 bits per heavy atom. The minimum absolute atomic E-state index is 0.0809. The lowest BCUT2D eigenvalue weighted by atomic mass is 10.3. The summed E-state index contributed by atoms with van der Waals surface area (Å²) < 4.78 is 35.9. The zero-order valence-electron chi connectivity index (χ0n) is 10.4. The van der Waals surface area contributed by atoms with Gasteiger partial charge in [-0.2, -0.15) is 0 Å². The molecule has 110 valence electrons. The van der Waals surface area contributed by atoms with E-state index in [0.717, 1.165) is 12.1 Å². The van der Waals surface area contributed by atoms with Crippen molar-refractivity contribution in [1.29, 1.82) is 0 Å². The molecule has 1 aromatic carbocycles. The number of hydrogen-bond acceptors (Lipinski definition) is 4. The van der Waals surface area contributed by atoms with Gasteiger partial charge in [0, 0.05) is 6.07 Å². The molecule has 1 heterocycles. The SMILES string of the molecule is O=C(COC(=O)c1ccc(Br)o1)Nc1ccc(F)cc1F. The standard InChI is InChI=1S/C13H8BrF2NO4/c14-11-4-3-10(21-11)13(19)20-6-12(18)17-9-2-1-7(15)5-8(9)16/h1-5H,6H2,(H,17,18). The van der Waals surface area contributed by atoms with E-state index in [0.29, 0.717) is 10.7 Å². The summed E-state index contributed by atoms with van der Waals surface area (Å²) in [5, 5.41) is 2.15. The Bertz CT molecular complexity index is 687. The van der Waals surface area contributed by atoms with Gasteiger partial charge in [-0.25, -0.2) is 13.6 Å². The fourth-order valence-electron chi connectivity index (χ4n) is 1.40. The van der Waals surface area contributed by atoms with Crippen molar-refractivity contribution in [3.05, 3.63) is 52.4 Å². The van der Waals surface area contributed by atoms with E-state index in [1.807, 2.05) is 0 Å². The lowest BCUT2D eigenvalue weighted by Crippen LogP contribution is -2.21. The number of hydrogen-bond donors (Lipinski definition) is 1. The van der Waals surface area contributed by atoms with Crippen molar-refractivity contribution in [1.82, 2.24) is 0 Å². The monoisotopic (exact) mass is 359 g/mol. The van der Waals surface area contributed by atoms with Gasteiger partial charge in [0.05, 0.1) is 5.69 Å². The van der Waals surface area contributed by atoms with Crippen LogP contribution in [0.3, 0.4) is 0 Å². The lowest BCUT2D eigenvalue weighted by molar-refractivity contribution is -0.119. The third-order valence-corrected chi connectivity index (χ3v) is 2.74. The first-order valence-corrected chi connectivity index (χ1v) is 6.42. The van der Waals surface area contributed by atoms with Crippen molar-refractivity contribution in [2.75, 3.05) is 11.9 Å². The summed E-state index contributed by atoms with van der Waals surface area (Å²) in [5.74, 6) is -3.37. The molecule has 0 spiro atoms. The number of carbonyl (C=O) groups is 2. The van der Waals surface area contributed by atoms with Crippen LogP contribution in [0.5, 0.6) is 0 Å². The molecule has 0 atom stereocenters. The molecule has 1 aromatic heterocycles. The van der Waals surface area contributed by atoms with Crippen molar-refractivity contribution in [3.8, 4) is 0 Å². The normalized spacial score (nSPS) is 10.2. The van der Waals surface area contributed by atoms with E-state index in [1.165, 1.54) is 12.1 Å². The van der Waals surface area contributed by atoms with Crippen molar-refractivity contribution in [3.63, 3.8) is 0 Å². The van der Waals surface area contributed by atoms with Crippen LogP contribution in [0.4, 0.5) is 14.5 Å². The number of amides is 1. The predicted octanol–water partition coefficient (Wildman–Crippen LogP) is 3.12. The Morgan fingerprint density at radius 2 is 2.00 bits per heavy atom. The zero-order valence-corrected chi connectivity index (χ0v) is 11.9. The molecule has 21 heavy (non-hydrogen) atoms. The number of carbonyl (C=O) groups excluding carboxylic acids is 2. The summed E-state index contributed by atoms with van der Waals surface area (Å²) >= 11 is 3.01. The molecule has 1 amide bonds. The van der Waals surface area contributed by atoms with Crippen LogP contribution in [0.1, 0.15) is 10.6 Å². The highest BCUT2D eigenvalue weighted by Crippen LogP contribution is 2.16. The Labute approximate surface area is 126 Å². The topological polar surface area (TPSA) is 68.5 Å². The van der Waals surface area contributed by atoms with Crippen LogP contribution in [-0.2, 0) is 9.53 Å². The third-order valence-electron chi connectivity index (χ3n) is 2.31. The second kappa shape index (κ2) is 6.49. The number of benzene rings is 1. The molecular formula is C13H8BrF2NO4. The summed E-state index contributed by atoms with van der Waals surface area (Å²) in [6.07, 6.45) is 0. The van der Waals surface area contributed by atoms with E-state index in [2.05, 4.69) is 26.0 Å². The average Bonchev–Trinajstić information content (AvgIpc) is 2.86. The number of halogens is 3. The number of furan rings is 1. The molecule has 2 aromatic rings. The Hall–Kier alpha value is -2.22. The summed E-state index contributed by atoms with van der Waals surface area (Å²) in [4.78, 5) is 23.0. The van der Waals surface area contributed by atoms with E-state index < -0.39 is 30.1 Å². The molecule has 2 rings (SSSR count). The lowest BCUT2D eigenvalue weighted by Gasteiger charge is -2.06. The van der Waals surface area contributed by atoms with Crippen LogP contribution in [0.25, 0.3) is 0 Å². The van der Waals surface area contributed by atoms with Gasteiger partial charge in [0.1, 0.15) is 11.6 Å². The van der Waals surface area contributed by atoms with Crippen molar-refractivity contribution >= 4 is 33.5 Å². The predicted molar refractivity (Wildman–Crippen MR) is 71.7 cm³/mol. The van der Waals surface area contributed by atoms with Gasteiger partial charge in [0.15, 0.2) is 11.3 Å². The first kappa shape index (κ1) is 15.2. The van der Waals surface area contributed by atoms with E-state index >= 15 is 0 Å². The minimum atomic E-state index is -0.926. The van der Waals surface area contributed by atoms with Crippen LogP contribution in [-0.4, -0.2) is 18.5 Å². The molecule has 5 nitrogen and oxygen atoms in total. The largest absolute Gasteiger partial charge is 0.450 e. The highest BCUT2D eigenvalue weighted by Gasteiger charge is 2.15. The second-order valence-electron chi connectivity index (χ2n) is 3.85. The van der Waals surface area contributed by atoms with Crippen molar-refractivity contribution in [2.45, 2.75) is 0 Å². The zero-order chi connectivity index (χ0) is 15.4. The van der Waals surface area contributed by atoms with Gasteiger partial charge in [-0.15, -0.1) is 0 Å². The smallest absolute Gasteiger partial charge is 0.374 e. The van der Waals surface area contributed by atoms with Gasteiger partial charge in [-0.3, -0.25) is 4.79 Å².